The molecule has 5 N–H and O–H groups in total. The zero-order valence-corrected chi connectivity index (χ0v) is 34.8. The van der Waals surface area contributed by atoms with Gasteiger partial charge in [0.15, 0.2) is 0 Å². The molecule has 2 aromatic heterocycles. The van der Waals surface area contributed by atoms with Crippen molar-refractivity contribution >= 4 is 57.7 Å². The summed E-state index contributed by atoms with van der Waals surface area (Å²) < 4.78 is 60.3. The van der Waals surface area contributed by atoms with Crippen molar-refractivity contribution < 1.29 is 46.3 Å². The summed E-state index contributed by atoms with van der Waals surface area (Å²) in [5.74, 6) is -4.66. The summed E-state index contributed by atoms with van der Waals surface area (Å²) in [5, 5.41) is 22.6. The lowest BCUT2D eigenvalue weighted by molar-refractivity contribution is -0.137. The molecule has 8 rings (SSSR count). The van der Waals surface area contributed by atoms with Gasteiger partial charge in [-0.15, -0.1) is 5.10 Å². The second kappa shape index (κ2) is 16.8. The highest BCUT2D eigenvalue weighted by atomic mass is 19.4. The Bertz CT molecular complexity index is 2770. The average Bonchev–Trinajstić information content (AvgIpc) is 3.86. The van der Waals surface area contributed by atoms with Crippen molar-refractivity contribution in [2.75, 3.05) is 24.2 Å². The molecule has 6 amide bonds. The Morgan fingerprint density at radius 2 is 1.70 bits per heavy atom. The lowest BCUT2D eigenvalue weighted by Gasteiger charge is -2.28. The first-order chi connectivity index (χ1) is 30.4. The van der Waals surface area contributed by atoms with Gasteiger partial charge in [0.25, 0.3) is 23.6 Å². The van der Waals surface area contributed by atoms with Crippen LogP contribution in [0.25, 0.3) is 22.0 Å². The van der Waals surface area contributed by atoms with Gasteiger partial charge >= 0.3 is 6.18 Å². The van der Waals surface area contributed by atoms with E-state index in [0.717, 1.165) is 35.9 Å². The fourth-order valence-corrected chi connectivity index (χ4v) is 7.92. The van der Waals surface area contributed by atoms with Crippen LogP contribution in [-0.4, -0.2) is 86.0 Å². The Labute approximate surface area is 362 Å². The van der Waals surface area contributed by atoms with Gasteiger partial charge in [-0.1, -0.05) is 17.3 Å². The van der Waals surface area contributed by atoms with E-state index in [9.17, 15) is 41.9 Å². The highest BCUT2D eigenvalue weighted by Gasteiger charge is 2.46. The smallest absolute Gasteiger partial charge is 0.387 e. The third-order valence-electron chi connectivity index (χ3n) is 11.4. The van der Waals surface area contributed by atoms with Crippen LogP contribution in [0, 0.1) is 5.82 Å². The molecule has 332 valence electrons. The third kappa shape index (κ3) is 8.46. The minimum Gasteiger partial charge on any atom is -0.387 e. The van der Waals surface area contributed by atoms with Crippen LogP contribution in [0.15, 0.2) is 60.9 Å². The lowest BCUT2D eigenvalue weighted by atomic mass is 9.94. The summed E-state index contributed by atoms with van der Waals surface area (Å²) in [5.41, 5.74) is -1.32. The number of carbonyl (C=O) groups is 6. The van der Waals surface area contributed by atoms with Crippen LogP contribution < -0.4 is 26.6 Å². The van der Waals surface area contributed by atoms with Gasteiger partial charge in [0.2, 0.25) is 11.8 Å². The number of nitrogens with one attached hydrogen (secondary N) is 5. The van der Waals surface area contributed by atoms with E-state index in [0.29, 0.717) is 30.8 Å². The highest BCUT2D eigenvalue weighted by molar-refractivity contribution is 6.25. The number of hydrogen-bond donors (Lipinski definition) is 5. The standard InChI is InChI=1S/C44H42F4N10O6/c1-43(2,54-31-8-6-7-25-36(31)42(64)58(41(25)63)33-13-14-35(59)53-40(33)62)34-21-57(56-55-34)16-5-4-15-50-38(60)24-12-9-22(17-30(24)45)26-18-27-32(19-29(26)44(46,47)48)51-20-28(37(27)49-3)39(61)52-23-10-11-23/h6-9,12,17-21,23,33,54H,4-5,10-11,13-16H2,1-3H3,(H,49,51)(H,50,60)(H,52,61)(H,53,59,62). The molecule has 5 aromatic rings. The number of unbranched alkanes of at least 4 members (excludes halogenated alkanes) is 1. The maximum Gasteiger partial charge on any atom is 0.417 e. The Morgan fingerprint density at radius 1 is 0.922 bits per heavy atom. The molecule has 1 atom stereocenters. The minimum absolute atomic E-state index is 0.00190. The number of alkyl halides is 3. The van der Waals surface area contributed by atoms with Crippen LogP contribution in [-0.2, 0) is 27.8 Å². The quantitative estimate of drug-likeness (QED) is 0.0531. The number of nitrogens with zero attached hydrogens (tertiary/aromatic N) is 5. The molecular weight excluding hydrogens is 841 g/mol. The number of pyridine rings is 1. The SMILES string of the molecule is CNc1c(C(=O)NC2CC2)cnc2cc(C(F)(F)F)c(-c3ccc(C(=O)NCCCCn4cc(C(C)(C)Nc5cccc6c5C(=O)N(C5CCC(=O)NC5=O)C6=O)nn4)c(F)c3)cc12. The van der Waals surface area contributed by atoms with Crippen LogP contribution in [0.2, 0.25) is 0 Å². The predicted octanol–water partition coefficient (Wildman–Crippen LogP) is 5.54. The molecule has 0 spiro atoms. The fraction of sp³-hybridized carbons (Fsp3) is 0.341. The van der Waals surface area contributed by atoms with Crippen LogP contribution >= 0.6 is 0 Å². The molecule has 1 saturated carbocycles. The summed E-state index contributed by atoms with van der Waals surface area (Å²) in [6.45, 7) is 4.15. The summed E-state index contributed by atoms with van der Waals surface area (Å²) in [6.07, 6.45) is 0.757. The Hall–Kier alpha value is -7.25. The molecule has 16 nitrogen and oxygen atoms in total. The van der Waals surface area contributed by atoms with Crippen molar-refractivity contribution in [3.05, 3.63) is 100 Å². The van der Waals surface area contributed by atoms with Gasteiger partial charge in [0.05, 0.1) is 50.8 Å². The number of piperidine rings is 1. The number of halogens is 4. The van der Waals surface area contributed by atoms with E-state index in [2.05, 4.69) is 41.9 Å². The normalized spacial score (nSPS) is 16.5. The average molecular weight is 883 g/mol. The number of benzene rings is 3. The zero-order chi connectivity index (χ0) is 45.7. The summed E-state index contributed by atoms with van der Waals surface area (Å²) >= 11 is 0. The topological polar surface area (TPSA) is 209 Å². The molecule has 3 aliphatic rings. The van der Waals surface area contributed by atoms with Crippen LogP contribution in [0.1, 0.15) is 105 Å². The summed E-state index contributed by atoms with van der Waals surface area (Å²) in [4.78, 5) is 82.0. The maximum atomic E-state index is 15.5. The number of rotatable bonds is 14. The molecular formula is C44H42F4N10O6. The van der Waals surface area contributed by atoms with E-state index >= 15 is 4.39 Å². The molecule has 1 unspecified atom stereocenters. The zero-order valence-electron chi connectivity index (χ0n) is 34.8. The fourth-order valence-electron chi connectivity index (χ4n) is 7.92. The van der Waals surface area contributed by atoms with Gasteiger partial charge in [0, 0.05) is 49.9 Å². The van der Waals surface area contributed by atoms with Gasteiger partial charge in [0.1, 0.15) is 17.6 Å². The first-order valence-electron chi connectivity index (χ1n) is 20.6. The number of imide groups is 2. The van der Waals surface area contributed by atoms with Crippen molar-refractivity contribution in [1.82, 2.24) is 40.8 Å². The lowest BCUT2D eigenvalue weighted by Crippen LogP contribution is -2.54. The number of hydrogen-bond acceptors (Lipinski definition) is 11. The molecule has 0 radical (unpaired) electrons. The van der Waals surface area contributed by atoms with Crippen molar-refractivity contribution in [2.24, 2.45) is 0 Å². The summed E-state index contributed by atoms with van der Waals surface area (Å²) in [6, 6.07) is 8.99. The molecule has 2 fully saturated rings. The maximum absolute atomic E-state index is 15.5. The number of aryl methyl sites for hydroxylation is 1. The number of amides is 6. The third-order valence-corrected chi connectivity index (χ3v) is 11.4. The minimum atomic E-state index is -4.84. The molecule has 1 saturated heterocycles. The molecule has 2 aliphatic heterocycles. The van der Waals surface area contributed by atoms with E-state index in [1.165, 1.54) is 31.4 Å². The molecule has 20 heteroatoms. The molecule has 64 heavy (non-hydrogen) atoms. The second-order valence-corrected chi connectivity index (χ2v) is 16.4. The largest absolute Gasteiger partial charge is 0.417 e. The first-order valence-corrected chi connectivity index (χ1v) is 20.6. The van der Waals surface area contributed by atoms with E-state index < -0.39 is 64.6 Å². The van der Waals surface area contributed by atoms with Crippen molar-refractivity contribution in [3.8, 4) is 11.1 Å². The Balaban J connectivity index is 0.884. The van der Waals surface area contributed by atoms with E-state index in [1.807, 2.05) is 13.8 Å². The molecule has 1 aliphatic carbocycles. The summed E-state index contributed by atoms with van der Waals surface area (Å²) in [7, 11) is 1.54. The van der Waals surface area contributed by atoms with Crippen molar-refractivity contribution in [3.63, 3.8) is 0 Å². The van der Waals surface area contributed by atoms with Gasteiger partial charge in [-0.05, 0) is 93.5 Å². The van der Waals surface area contributed by atoms with Gasteiger partial charge in [-0.2, -0.15) is 13.2 Å². The van der Waals surface area contributed by atoms with E-state index in [1.54, 1.807) is 23.0 Å². The number of fused-ring (bicyclic) bond motifs is 2. The van der Waals surface area contributed by atoms with Crippen molar-refractivity contribution in [2.45, 2.75) is 82.7 Å². The number of carbonyl (C=O) groups excluding carboxylic acids is 6. The monoisotopic (exact) mass is 882 g/mol. The molecule has 0 bridgehead atoms. The van der Waals surface area contributed by atoms with Gasteiger partial charge in [-0.3, -0.25) is 48.6 Å². The van der Waals surface area contributed by atoms with E-state index in [4.69, 9.17) is 0 Å². The predicted molar refractivity (Wildman–Crippen MR) is 224 cm³/mol. The van der Waals surface area contributed by atoms with Crippen LogP contribution in [0.5, 0.6) is 0 Å². The molecule has 3 aromatic carbocycles. The van der Waals surface area contributed by atoms with Gasteiger partial charge < -0.3 is 21.3 Å². The van der Waals surface area contributed by atoms with Crippen LogP contribution in [0.4, 0.5) is 28.9 Å². The Morgan fingerprint density at radius 3 is 2.41 bits per heavy atom. The van der Waals surface area contributed by atoms with Crippen molar-refractivity contribution in [1.29, 1.82) is 0 Å². The number of aromatic nitrogens is 4. The first kappa shape index (κ1) is 43.4. The van der Waals surface area contributed by atoms with Crippen LogP contribution in [0.3, 0.4) is 0 Å². The number of anilines is 2. The van der Waals surface area contributed by atoms with E-state index in [-0.39, 0.29) is 75.4 Å². The second-order valence-electron chi connectivity index (χ2n) is 16.4. The Kier molecular flexibility index (Phi) is 11.4. The molecule has 4 heterocycles. The van der Waals surface area contributed by atoms with Gasteiger partial charge in [-0.25, -0.2) is 4.39 Å². The highest BCUT2D eigenvalue weighted by Crippen LogP contribution is 2.42.